The standard InChI is InChI=1S/C21H28N6O3/c1-11-17-14(8-21(2,3)9-15(17)29)27(26-11)16-10-23-18(19(22)30)20(25-16)24-12-4-6-13(28)7-5-12/h10,12-13,28H,4-9H2,1-3H3,(H2,22,30)(H,24,25). The normalized spacial score (nSPS) is 23.1. The molecule has 0 saturated heterocycles. The van der Waals surface area contributed by atoms with Crippen molar-refractivity contribution in [2.45, 2.75) is 71.4 Å². The van der Waals surface area contributed by atoms with E-state index >= 15 is 0 Å². The molecule has 2 aromatic rings. The SMILES string of the molecule is Cc1nn(-c2cnc(C(N)=O)c(NC3CCC(O)CC3)n2)c2c1C(=O)CC(C)(C)C2. The number of aliphatic hydroxyl groups is 1. The van der Waals surface area contributed by atoms with Gasteiger partial charge in [-0.15, -0.1) is 0 Å². The van der Waals surface area contributed by atoms with Gasteiger partial charge in [-0.25, -0.2) is 14.6 Å². The number of carbonyl (C=O) groups is 2. The van der Waals surface area contributed by atoms with Crippen LogP contribution in [0.4, 0.5) is 5.82 Å². The number of ketones is 1. The summed E-state index contributed by atoms with van der Waals surface area (Å²) in [5.74, 6) is 0.172. The van der Waals surface area contributed by atoms with Gasteiger partial charge < -0.3 is 16.2 Å². The lowest BCUT2D eigenvalue weighted by atomic mass is 9.75. The third-order valence-electron chi connectivity index (χ3n) is 5.97. The molecule has 4 rings (SSSR count). The van der Waals surface area contributed by atoms with Crippen molar-refractivity contribution in [3.8, 4) is 5.82 Å². The van der Waals surface area contributed by atoms with Crippen molar-refractivity contribution in [1.82, 2.24) is 19.7 Å². The first-order chi connectivity index (χ1) is 14.1. The van der Waals surface area contributed by atoms with Gasteiger partial charge in [-0.05, 0) is 44.4 Å². The van der Waals surface area contributed by atoms with Gasteiger partial charge in [0.25, 0.3) is 5.91 Å². The number of aryl methyl sites for hydroxylation is 1. The van der Waals surface area contributed by atoms with Crippen molar-refractivity contribution in [3.05, 3.63) is 28.8 Å². The van der Waals surface area contributed by atoms with Crippen LogP contribution in [-0.4, -0.2) is 48.7 Å². The van der Waals surface area contributed by atoms with Crippen LogP contribution >= 0.6 is 0 Å². The van der Waals surface area contributed by atoms with Crippen LogP contribution in [0.2, 0.25) is 0 Å². The summed E-state index contributed by atoms with van der Waals surface area (Å²) in [6.07, 6.45) is 5.29. The maximum absolute atomic E-state index is 12.7. The number of nitrogens with two attached hydrogens (primary N) is 1. The summed E-state index contributed by atoms with van der Waals surface area (Å²) in [5, 5.41) is 17.6. The number of hydrogen-bond acceptors (Lipinski definition) is 7. The number of carbonyl (C=O) groups excluding carboxylic acids is 2. The Morgan fingerprint density at radius 3 is 2.63 bits per heavy atom. The van der Waals surface area contributed by atoms with Crippen LogP contribution in [0.25, 0.3) is 5.82 Å². The van der Waals surface area contributed by atoms with Gasteiger partial charge in [-0.1, -0.05) is 13.8 Å². The van der Waals surface area contributed by atoms with Crippen LogP contribution in [0.5, 0.6) is 0 Å². The minimum atomic E-state index is -0.664. The second-order valence-corrected chi connectivity index (χ2v) is 9.20. The van der Waals surface area contributed by atoms with Crippen LogP contribution in [0, 0.1) is 12.3 Å². The lowest BCUT2D eigenvalue weighted by Crippen LogP contribution is -2.30. The lowest BCUT2D eigenvalue weighted by molar-refractivity contribution is 0.0909. The zero-order chi connectivity index (χ0) is 21.6. The summed E-state index contributed by atoms with van der Waals surface area (Å²) in [4.78, 5) is 33.5. The highest BCUT2D eigenvalue weighted by atomic mass is 16.3. The number of hydrogen-bond donors (Lipinski definition) is 3. The van der Waals surface area contributed by atoms with Gasteiger partial charge in [0.2, 0.25) is 0 Å². The highest BCUT2D eigenvalue weighted by molar-refractivity contribution is 6.00. The molecule has 30 heavy (non-hydrogen) atoms. The molecule has 1 saturated carbocycles. The number of anilines is 1. The van der Waals surface area contributed by atoms with Gasteiger partial charge in [-0.3, -0.25) is 9.59 Å². The van der Waals surface area contributed by atoms with Crippen LogP contribution in [-0.2, 0) is 6.42 Å². The van der Waals surface area contributed by atoms with Crippen LogP contribution in [0.15, 0.2) is 6.20 Å². The Morgan fingerprint density at radius 2 is 1.97 bits per heavy atom. The summed E-state index contributed by atoms with van der Waals surface area (Å²) < 4.78 is 1.66. The van der Waals surface area contributed by atoms with E-state index in [4.69, 9.17) is 5.73 Å². The molecule has 1 amide bonds. The number of aliphatic hydroxyl groups excluding tert-OH is 1. The predicted molar refractivity (Wildman–Crippen MR) is 111 cm³/mol. The van der Waals surface area contributed by atoms with Gasteiger partial charge in [0, 0.05) is 12.5 Å². The largest absolute Gasteiger partial charge is 0.393 e. The molecule has 9 nitrogen and oxygen atoms in total. The Labute approximate surface area is 175 Å². The van der Waals surface area contributed by atoms with Crippen molar-refractivity contribution in [2.75, 3.05) is 5.32 Å². The molecule has 9 heteroatoms. The average Bonchev–Trinajstić information content (AvgIpc) is 2.98. The number of rotatable bonds is 4. The molecule has 0 spiro atoms. The van der Waals surface area contributed by atoms with Gasteiger partial charge in [0.05, 0.1) is 29.3 Å². The maximum Gasteiger partial charge on any atom is 0.271 e. The van der Waals surface area contributed by atoms with E-state index < -0.39 is 5.91 Å². The minimum absolute atomic E-state index is 0.0685. The molecular formula is C21H28N6O3. The second kappa shape index (κ2) is 7.46. The second-order valence-electron chi connectivity index (χ2n) is 9.20. The minimum Gasteiger partial charge on any atom is -0.393 e. The van der Waals surface area contributed by atoms with E-state index in [0.29, 0.717) is 48.6 Å². The number of aromatic nitrogens is 4. The Hall–Kier alpha value is -2.81. The van der Waals surface area contributed by atoms with Gasteiger partial charge in [0.15, 0.2) is 23.1 Å². The smallest absolute Gasteiger partial charge is 0.271 e. The summed E-state index contributed by atoms with van der Waals surface area (Å²) in [5.41, 5.74) is 7.56. The fourth-order valence-corrected chi connectivity index (χ4v) is 4.51. The van der Waals surface area contributed by atoms with E-state index in [0.717, 1.165) is 18.5 Å². The number of Topliss-reactive ketones (excluding diaryl/α,β-unsaturated/α-hetero) is 1. The third-order valence-corrected chi connectivity index (χ3v) is 5.97. The Balaban J connectivity index is 1.73. The zero-order valence-electron chi connectivity index (χ0n) is 17.6. The maximum atomic E-state index is 12.7. The van der Waals surface area contributed by atoms with Crippen LogP contribution in [0.3, 0.4) is 0 Å². The molecule has 4 N–H and O–H groups in total. The lowest BCUT2D eigenvalue weighted by Gasteiger charge is -2.29. The van der Waals surface area contributed by atoms with Crippen molar-refractivity contribution in [3.63, 3.8) is 0 Å². The van der Waals surface area contributed by atoms with Crippen molar-refractivity contribution in [1.29, 1.82) is 0 Å². The van der Waals surface area contributed by atoms with Gasteiger partial charge >= 0.3 is 0 Å². The average molecular weight is 412 g/mol. The summed E-state index contributed by atoms with van der Waals surface area (Å²) in [7, 11) is 0. The molecule has 2 heterocycles. The monoisotopic (exact) mass is 412 g/mol. The zero-order valence-corrected chi connectivity index (χ0v) is 17.6. The molecule has 1 fully saturated rings. The van der Waals surface area contributed by atoms with Crippen LogP contribution in [0.1, 0.15) is 78.2 Å². The Bertz CT molecular complexity index is 1000. The summed E-state index contributed by atoms with van der Waals surface area (Å²) >= 11 is 0. The Kier molecular flexibility index (Phi) is 5.09. The molecule has 0 atom stereocenters. The molecule has 160 valence electrons. The van der Waals surface area contributed by atoms with Crippen molar-refractivity contribution < 1.29 is 14.7 Å². The van der Waals surface area contributed by atoms with E-state index in [2.05, 4.69) is 34.2 Å². The quantitative estimate of drug-likeness (QED) is 0.698. The highest BCUT2D eigenvalue weighted by Crippen LogP contribution is 2.37. The van der Waals surface area contributed by atoms with E-state index in [9.17, 15) is 14.7 Å². The van der Waals surface area contributed by atoms with Gasteiger partial charge in [0.1, 0.15) is 0 Å². The fourth-order valence-electron chi connectivity index (χ4n) is 4.51. The number of primary amides is 1. The molecular weight excluding hydrogens is 384 g/mol. The molecule has 2 aliphatic rings. The van der Waals surface area contributed by atoms with E-state index in [1.165, 1.54) is 6.20 Å². The predicted octanol–water partition coefficient (Wildman–Crippen LogP) is 1.94. The van der Waals surface area contributed by atoms with Crippen molar-refractivity contribution in [2.24, 2.45) is 11.1 Å². The number of amides is 1. The summed E-state index contributed by atoms with van der Waals surface area (Å²) in [6, 6.07) is 0.0739. The number of nitrogens with one attached hydrogen (secondary N) is 1. The first-order valence-corrected chi connectivity index (χ1v) is 10.4. The molecule has 0 bridgehead atoms. The van der Waals surface area contributed by atoms with Crippen LogP contribution < -0.4 is 11.1 Å². The van der Waals surface area contributed by atoms with E-state index in [-0.39, 0.29) is 29.0 Å². The van der Waals surface area contributed by atoms with E-state index in [1.54, 1.807) is 4.68 Å². The topological polar surface area (TPSA) is 136 Å². The molecule has 0 aliphatic heterocycles. The van der Waals surface area contributed by atoms with Gasteiger partial charge in [-0.2, -0.15) is 5.10 Å². The number of fused-ring (bicyclic) bond motifs is 1. The molecule has 0 radical (unpaired) electrons. The third kappa shape index (κ3) is 3.81. The number of nitrogens with zero attached hydrogens (tertiary/aromatic N) is 4. The summed E-state index contributed by atoms with van der Waals surface area (Å²) in [6.45, 7) is 5.95. The highest BCUT2D eigenvalue weighted by Gasteiger charge is 2.36. The first kappa shape index (κ1) is 20.5. The molecule has 0 unspecified atom stereocenters. The van der Waals surface area contributed by atoms with E-state index in [1.807, 2.05) is 6.92 Å². The molecule has 2 aromatic heterocycles. The fraction of sp³-hybridized carbons (Fsp3) is 0.571. The molecule has 0 aromatic carbocycles. The Morgan fingerprint density at radius 1 is 1.27 bits per heavy atom. The first-order valence-electron chi connectivity index (χ1n) is 10.4. The molecule has 2 aliphatic carbocycles. The van der Waals surface area contributed by atoms with Crippen molar-refractivity contribution >= 4 is 17.5 Å².